The number of alkyl halides is 1. The number of halogens is 1. The predicted octanol–water partition coefficient (Wildman–Crippen LogP) is -0.937. The van der Waals surface area contributed by atoms with E-state index >= 15 is 0 Å². The minimum Gasteiger partial charge on any atom is -0.394 e. The van der Waals surface area contributed by atoms with E-state index < -0.39 is 31.2 Å². The van der Waals surface area contributed by atoms with Gasteiger partial charge in [0.1, 0.15) is 12.2 Å². The van der Waals surface area contributed by atoms with Gasteiger partial charge in [0.2, 0.25) is 5.95 Å². The highest BCUT2D eigenvalue weighted by atomic mass is 19.1. The van der Waals surface area contributed by atoms with Gasteiger partial charge in [0.15, 0.2) is 29.4 Å². The van der Waals surface area contributed by atoms with Gasteiger partial charge in [0, 0.05) is 14.1 Å². The lowest BCUT2D eigenvalue weighted by Crippen LogP contribution is -2.30. The number of imidazole rings is 1. The van der Waals surface area contributed by atoms with Crippen molar-refractivity contribution in [1.29, 1.82) is 0 Å². The minimum absolute atomic E-state index is 0.0191. The number of rotatable bonds is 3. The van der Waals surface area contributed by atoms with Crippen molar-refractivity contribution < 1.29 is 19.3 Å². The average molecular weight is 312 g/mol. The first-order valence-corrected chi connectivity index (χ1v) is 6.70. The van der Waals surface area contributed by atoms with Crippen molar-refractivity contribution >= 4 is 22.9 Å². The van der Waals surface area contributed by atoms with Crippen molar-refractivity contribution in [3.05, 3.63) is 6.33 Å². The molecule has 3 rings (SSSR count). The van der Waals surface area contributed by atoms with Gasteiger partial charge in [-0.3, -0.25) is 4.57 Å². The van der Waals surface area contributed by atoms with Gasteiger partial charge >= 0.3 is 0 Å². The highest BCUT2D eigenvalue weighted by molar-refractivity contribution is 5.84. The zero-order valence-electron chi connectivity index (χ0n) is 12.1. The van der Waals surface area contributed by atoms with Gasteiger partial charge in [-0.05, 0) is 0 Å². The Labute approximate surface area is 125 Å². The molecule has 4 atom stereocenters. The van der Waals surface area contributed by atoms with Crippen LogP contribution in [0.2, 0.25) is 0 Å². The molecule has 4 N–H and O–H groups in total. The summed E-state index contributed by atoms with van der Waals surface area (Å²) in [5.74, 6) is 0.513. The van der Waals surface area contributed by atoms with Crippen LogP contribution in [-0.2, 0) is 4.74 Å². The second-order valence-electron chi connectivity index (χ2n) is 5.31. The number of hydrogen-bond donors (Lipinski definition) is 3. The lowest BCUT2D eigenvalue weighted by atomic mass is 10.1. The van der Waals surface area contributed by atoms with Gasteiger partial charge in [-0.1, -0.05) is 0 Å². The first-order valence-electron chi connectivity index (χ1n) is 6.70. The minimum atomic E-state index is -1.71. The molecule has 3 heterocycles. The van der Waals surface area contributed by atoms with E-state index in [2.05, 4.69) is 15.0 Å². The topological polar surface area (TPSA) is 123 Å². The Morgan fingerprint density at radius 3 is 2.77 bits per heavy atom. The smallest absolute Gasteiger partial charge is 0.224 e. The maximum atomic E-state index is 14.2. The van der Waals surface area contributed by atoms with E-state index in [1.54, 1.807) is 19.0 Å². The Kier molecular flexibility index (Phi) is 3.59. The first kappa shape index (κ1) is 14.9. The van der Waals surface area contributed by atoms with Crippen LogP contribution >= 0.6 is 0 Å². The van der Waals surface area contributed by atoms with Crippen LogP contribution < -0.4 is 10.6 Å². The van der Waals surface area contributed by atoms with Gasteiger partial charge in [-0.25, -0.2) is 9.37 Å². The molecule has 0 radical (unpaired) electrons. The lowest BCUT2D eigenvalue weighted by Gasteiger charge is -2.16. The molecule has 120 valence electrons. The molecule has 1 saturated heterocycles. The monoisotopic (exact) mass is 312 g/mol. The molecule has 9 nitrogen and oxygen atoms in total. The quantitative estimate of drug-likeness (QED) is 0.664. The largest absolute Gasteiger partial charge is 0.394 e. The van der Waals surface area contributed by atoms with E-state index in [1.165, 1.54) is 10.9 Å². The fourth-order valence-corrected chi connectivity index (χ4v) is 2.49. The molecule has 1 fully saturated rings. The van der Waals surface area contributed by atoms with Crippen LogP contribution in [0, 0.1) is 0 Å². The summed E-state index contributed by atoms with van der Waals surface area (Å²) in [7, 11) is 3.55. The van der Waals surface area contributed by atoms with Crippen LogP contribution in [0.3, 0.4) is 0 Å². The summed E-state index contributed by atoms with van der Waals surface area (Å²) >= 11 is 0. The number of nitrogens with two attached hydrogens (primary N) is 1. The van der Waals surface area contributed by atoms with Crippen LogP contribution in [0.1, 0.15) is 6.23 Å². The molecular formula is C12H17FN6O3. The SMILES string of the molecule is CN(C)c1nc(N)nc2c1ncn2[C@@H]1O[C@H](CO)C(O)[C@H]1F. The number of aliphatic hydroxyl groups is 2. The van der Waals surface area contributed by atoms with Gasteiger partial charge in [-0.2, -0.15) is 9.97 Å². The summed E-state index contributed by atoms with van der Waals surface area (Å²) in [4.78, 5) is 14.1. The molecule has 0 saturated carbocycles. The maximum Gasteiger partial charge on any atom is 0.224 e. The standard InChI is InChI=1S/C12H17FN6O3/c1-18(2)9-7-10(17-12(14)16-9)19(4-15-7)11-6(13)8(21)5(3-20)22-11/h4-6,8,11,20-21H,3H2,1-2H3,(H2,14,16,17)/t5-,6-,8?,11-/m1/s1. The summed E-state index contributed by atoms with van der Waals surface area (Å²) < 4.78 is 21.0. The molecular weight excluding hydrogens is 295 g/mol. The van der Waals surface area contributed by atoms with Crippen molar-refractivity contribution in [3.63, 3.8) is 0 Å². The van der Waals surface area contributed by atoms with Gasteiger partial charge in [0.25, 0.3) is 0 Å². The number of hydrogen-bond acceptors (Lipinski definition) is 8. The number of nitrogen functional groups attached to an aromatic ring is 1. The normalized spacial score (nSPS) is 28.4. The van der Waals surface area contributed by atoms with E-state index in [0.29, 0.717) is 17.0 Å². The number of ether oxygens (including phenoxy) is 1. The molecule has 2 aromatic heterocycles. The van der Waals surface area contributed by atoms with E-state index in [0.717, 1.165) is 0 Å². The second-order valence-corrected chi connectivity index (χ2v) is 5.31. The Hall–Kier alpha value is -2.04. The molecule has 1 aliphatic rings. The summed E-state index contributed by atoms with van der Waals surface area (Å²) in [6, 6.07) is 0. The molecule has 1 aliphatic heterocycles. The van der Waals surface area contributed by atoms with Crippen molar-refractivity contribution in [2.75, 3.05) is 31.3 Å². The van der Waals surface area contributed by atoms with Crippen LogP contribution in [0.15, 0.2) is 6.33 Å². The third kappa shape index (κ3) is 2.16. The molecule has 10 heteroatoms. The van der Waals surface area contributed by atoms with Crippen molar-refractivity contribution in [2.24, 2.45) is 0 Å². The van der Waals surface area contributed by atoms with Crippen LogP contribution in [0.4, 0.5) is 16.2 Å². The number of aliphatic hydroxyl groups excluding tert-OH is 2. The Balaban J connectivity index is 2.09. The van der Waals surface area contributed by atoms with Gasteiger partial charge in [0.05, 0.1) is 12.9 Å². The average Bonchev–Trinajstić information content (AvgIpc) is 3.00. The zero-order valence-corrected chi connectivity index (χ0v) is 12.1. The fraction of sp³-hybridized carbons (Fsp3) is 0.583. The summed E-state index contributed by atoms with van der Waals surface area (Å²) in [6.07, 6.45) is -3.91. The predicted molar refractivity (Wildman–Crippen MR) is 76.0 cm³/mol. The Morgan fingerprint density at radius 1 is 1.45 bits per heavy atom. The molecule has 2 aromatic rings. The molecule has 0 spiro atoms. The zero-order chi connectivity index (χ0) is 16.0. The number of aromatic nitrogens is 4. The van der Waals surface area contributed by atoms with E-state index in [-0.39, 0.29) is 5.95 Å². The first-order chi connectivity index (χ1) is 10.4. The summed E-state index contributed by atoms with van der Waals surface area (Å²) in [5, 5.41) is 18.9. The van der Waals surface area contributed by atoms with Crippen molar-refractivity contribution in [2.45, 2.75) is 24.6 Å². The highest BCUT2D eigenvalue weighted by Crippen LogP contribution is 2.34. The van der Waals surface area contributed by atoms with Crippen LogP contribution in [0.5, 0.6) is 0 Å². The molecule has 0 bridgehead atoms. The van der Waals surface area contributed by atoms with E-state index in [9.17, 15) is 9.50 Å². The van der Waals surface area contributed by atoms with Crippen molar-refractivity contribution in [1.82, 2.24) is 19.5 Å². The highest BCUT2D eigenvalue weighted by Gasteiger charge is 2.45. The number of fused-ring (bicyclic) bond motifs is 1. The Morgan fingerprint density at radius 2 is 2.18 bits per heavy atom. The van der Waals surface area contributed by atoms with Crippen LogP contribution in [0.25, 0.3) is 11.2 Å². The number of nitrogens with zero attached hydrogens (tertiary/aromatic N) is 5. The van der Waals surface area contributed by atoms with Gasteiger partial charge in [-0.15, -0.1) is 0 Å². The van der Waals surface area contributed by atoms with E-state index in [1.807, 2.05) is 0 Å². The Bertz CT molecular complexity index is 693. The fourth-order valence-electron chi connectivity index (χ4n) is 2.49. The summed E-state index contributed by atoms with van der Waals surface area (Å²) in [5.41, 5.74) is 6.43. The third-order valence-electron chi connectivity index (χ3n) is 3.59. The molecule has 0 aromatic carbocycles. The summed E-state index contributed by atoms with van der Waals surface area (Å²) in [6.45, 7) is -0.481. The third-order valence-corrected chi connectivity index (χ3v) is 3.59. The van der Waals surface area contributed by atoms with Crippen molar-refractivity contribution in [3.8, 4) is 0 Å². The lowest BCUT2D eigenvalue weighted by molar-refractivity contribution is -0.0459. The molecule has 1 unspecified atom stereocenters. The van der Waals surface area contributed by atoms with Gasteiger partial charge < -0.3 is 25.6 Å². The second kappa shape index (κ2) is 5.30. The molecule has 0 aliphatic carbocycles. The van der Waals surface area contributed by atoms with Crippen LogP contribution in [-0.4, -0.2) is 68.8 Å². The molecule has 22 heavy (non-hydrogen) atoms. The number of anilines is 2. The van der Waals surface area contributed by atoms with E-state index in [4.69, 9.17) is 15.6 Å². The molecule has 0 amide bonds. The maximum absolute atomic E-state index is 14.2.